The largest absolute Gasteiger partial charge is 0.384 e. The first kappa shape index (κ1) is 19.8. The molecule has 0 bridgehead atoms. The van der Waals surface area contributed by atoms with Crippen LogP contribution >= 0.6 is 11.6 Å². The Hall–Kier alpha value is -3.17. The molecule has 3 heterocycles. The van der Waals surface area contributed by atoms with Crippen LogP contribution in [0.15, 0.2) is 30.6 Å². The van der Waals surface area contributed by atoms with Crippen LogP contribution in [0.25, 0.3) is 11.0 Å². The highest BCUT2D eigenvalue weighted by Crippen LogP contribution is 2.40. The summed E-state index contributed by atoms with van der Waals surface area (Å²) in [5, 5.41) is 21.7. The lowest BCUT2D eigenvalue weighted by molar-refractivity contribution is 0.0739. The van der Waals surface area contributed by atoms with Crippen LogP contribution in [-0.4, -0.2) is 42.3 Å². The van der Waals surface area contributed by atoms with E-state index in [1.807, 2.05) is 25.2 Å². The van der Waals surface area contributed by atoms with E-state index in [0.29, 0.717) is 45.4 Å². The van der Waals surface area contributed by atoms with Crippen LogP contribution in [0.1, 0.15) is 44.0 Å². The lowest BCUT2D eigenvalue weighted by Crippen LogP contribution is -2.22. The van der Waals surface area contributed by atoms with Gasteiger partial charge in [0.15, 0.2) is 5.82 Å². The van der Waals surface area contributed by atoms with Gasteiger partial charge in [-0.05, 0) is 38.8 Å². The maximum atomic E-state index is 10.6. The summed E-state index contributed by atoms with van der Waals surface area (Å²) in [4.78, 5) is 18.3. The zero-order valence-electron chi connectivity index (χ0n) is 17.4. The summed E-state index contributed by atoms with van der Waals surface area (Å²) < 4.78 is 0. The SMILES string of the molecule is CN(c1nc(Nc2cc(C3CC3)[nH]n2)cc(C(C)(C)O)n1)c1ccc2[nH]cnc2c1Cl. The molecule has 1 fully saturated rings. The predicted molar refractivity (Wildman–Crippen MR) is 120 cm³/mol. The van der Waals surface area contributed by atoms with Crippen molar-refractivity contribution >= 4 is 45.9 Å². The van der Waals surface area contributed by atoms with Crippen molar-refractivity contribution in [3.8, 4) is 0 Å². The van der Waals surface area contributed by atoms with Crippen LogP contribution in [0.4, 0.5) is 23.3 Å². The molecule has 5 rings (SSSR count). The number of nitrogens with zero attached hydrogens (tertiary/aromatic N) is 5. The Balaban J connectivity index is 1.53. The number of aromatic amines is 2. The zero-order chi connectivity index (χ0) is 21.8. The Kier molecular flexibility index (Phi) is 4.60. The van der Waals surface area contributed by atoms with Crippen LogP contribution < -0.4 is 10.2 Å². The fourth-order valence-electron chi connectivity index (χ4n) is 3.43. The van der Waals surface area contributed by atoms with E-state index in [2.05, 4.69) is 35.5 Å². The molecule has 1 aromatic carbocycles. The highest BCUT2D eigenvalue weighted by Gasteiger charge is 2.26. The van der Waals surface area contributed by atoms with Crippen molar-refractivity contribution in [1.29, 1.82) is 0 Å². The van der Waals surface area contributed by atoms with Crippen molar-refractivity contribution in [3.63, 3.8) is 0 Å². The van der Waals surface area contributed by atoms with E-state index in [0.717, 1.165) is 11.2 Å². The van der Waals surface area contributed by atoms with Crippen LogP contribution in [0.2, 0.25) is 5.02 Å². The molecule has 31 heavy (non-hydrogen) atoms. The van der Waals surface area contributed by atoms with Gasteiger partial charge in [-0.15, -0.1) is 0 Å². The summed E-state index contributed by atoms with van der Waals surface area (Å²) in [5.41, 5.74) is 2.66. The number of rotatable bonds is 6. The van der Waals surface area contributed by atoms with Gasteiger partial charge in [-0.1, -0.05) is 11.6 Å². The molecule has 1 aliphatic rings. The fraction of sp³-hybridized carbons (Fsp3) is 0.333. The van der Waals surface area contributed by atoms with Crippen LogP contribution in [0.5, 0.6) is 0 Å². The molecule has 1 saturated carbocycles. The molecule has 10 heteroatoms. The second-order valence-corrected chi connectivity index (χ2v) is 8.74. The van der Waals surface area contributed by atoms with Crippen LogP contribution in [-0.2, 0) is 5.60 Å². The second-order valence-electron chi connectivity index (χ2n) is 8.36. The lowest BCUT2D eigenvalue weighted by Gasteiger charge is -2.23. The third-order valence-electron chi connectivity index (χ3n) is 5.38. The molecule has 1 aliphatic carbocycles. The minimum atomic E-state index is -1.16. The summed E-state index contributed by atoms with van der Waals surface area (Å²) in [6, 6.07) is 7.50. The highest BCUT2D eigenvalue weighted by atomic mass is 35.5. The summed E-state index contributed by atoms with van der Waals surface area (Å²) >= 11 is 6.61. The monoisotopic (exact) mass is 438 g/mol. The van der Waals surface area contributed by atoms with E-state index < -0.39 is 5.60 Å². The van der Waals surface area contributed by atoms with Crippen molar-refractivity contribution in [1.82, 2.24) is 30.1 Å². The van der Waals surface area contributed by atoms with Crippen molar-refractivity contribution < 1.29 is 5.11 Å². The topological polar surface area (TPSA) is 119 Å². The molecule has 9 nitrogen and oxygen atoms in total. The quantitative estimate of drug-likeness (QED) is 0.353. The molecule has 0 saturated heterocycles. The number of aliphatic hydroxyl groups is 1. The third kappa shape index (κ3) is 3.82. The molecule has 0 aliphatic heterocycles. The fourth-order valence-corrected chi connectivity index (χ4v) is 3.77. The van der Waals surface area contributed by atoms with Gasteiger partial charge in [-0.2, -0.15) is 10.1 Å². The first-order valence-corrected chi connectivity index (χ1v) is 10.5. The van der Waals surface area contributed by atoms with Gasteiger partial charge in [0.25, 0.3) is 0 Å². The normalized spacial score (nSPS) is 14.2. The number of anilines is 4. The number of nitrogens with one attached hydrogen (secondary N) is 3. The van der Waals surface area contributed by atoms with E-state index in [-0.39, 0.29) is 0 Å². The molecule has 0 radical (unpaired) electrons. The number of benzene rings is 1. The lowest BCUT2D eigenvalue weighted by atomic mass is 10.1. The van der Waals surface area contributed by atoms with Crippen molar-refractivity contribution in [3.05, 3.63) is 47.0 Å². The van der Waals surface area contributed by atoms with E-state index in [9.17, 15) is 5.11 Å². The maximum Gasteiger partial charge on any atom is 0.231 e. The summed E-state index contributed by atoms with van der Waals surface area (Å²) in [7, 11) is 1.83. The van der Waals surface area contributed by atoms with Crippen molar-refractivity contribution in [2.45, 2.75) is 38.2 Å². The van der Waals surface area contributed by atoms with Crippen molar-refractivity contribution in [2.24, 2.45) is 0 Å². The van der Waals surface area contributed by atoms with Gasteiger partial charge in [-0.3, -0.25) is 5.10 Å². The smallest absolute Gasteiger partial charge is 0.231 e. The number of imidazole rings is 1. The van der Waals surface area contributed by atoms with E-state index in [1.165, 1.54) is 12.8 Å². The minimum absolute atomic E-state index is 0.386. The number of hydrogen-bond acceptors (Lipinski definition) is 7. The molecular weight excluding hydrogens is 416 g/mol. The molecule has 0 atom stereocenters. The van der Waals surface area contributed by atoms with Gasteiger partial charge in [-0.25, -0.2) is 9.97 Å². The van der Waals surface area contributed by atoms with Gasteiger partial charge >= 0.3 is 0 Å². The van der Waals surface area contributed by atoms with E-state index in [4.69, 9.17) is 11.6 Å². The van der Waals surface area contributed by atoms with Crippen molar-refractivity contribution in [2.75, 3.05) is 17.3 Å². The van der Waals surface area contributed by atoms with Crippen LogP contribution in [0, 0.1) is 0 Å². The Labute approximate surface area is 183 Å². The number of fused-ring (bicyclic) bond motifs is 1. The maximum absolute atomic E-state index is 10.6. The zero-order valence-corrected chi connectivity index (χ0v) is 18.2. The van der Waals surface area contributed by atoms with Crippen LogP contribution in [0.3, 0.4) is 0 Å². The molecular formula is C21H23ClN8O. The molecule has 0 amide bonds. The summed E-state index contributed by atoms with van der Waals surface area (Å²) in [6.07, 6.45) is 3.98. The number of hydrogen-bond donors (Lipinski definition) is 4. The minimum Gasteiger partial charge on any atom is -0.384 e. The number of halogens is 1. The Bertz CT molecular complexity index is 1250. The molecule has 4 N–H and O–H groups in total. The summed E-state index contributed by atoms with van der Waals surface area (Å²) in [5.74, 6) is 2.16. The molecule has 0 unspecified atom stereocenters. The standard InChI is InChI=1S/C21H23ClN8O/c1-21(2,31)15-9-16(26-17-8-13(28-29-17)11-4-5-11)27-20(25-15)30(3)14-7-6-12-19(18(14)22)24-10-23-12/h6-11,31H,4-5H2,1-3H3,(H,23,24)(H2,25,26,27,28,29). The van der Waals surface area contributed by atoms with Gasteiger partial charge in [0.2, 0.25) is 5.95 Å². The average Bonchev–Trinajstić information content (AvgIpc) is 3.27. The summed E-state index contributed by atoms with van der Waals surface area (Å²) in [6.45, 7) is 3.37. The van der Waals surface area contributed by atoms with Gasteiger partial charge in [0.1, 0.15) is 16.9 Å². The molecule has 4 aromatic rings. The van der Waals surface area contributed by atoms with E-state index >= 15 is 0 Å². The second kappa shape index (κ2) is 7.21. The Morgan fingerprint density at radius 1 is 1.19 bits per heavy atom. The average molecular weight is 439 g/mol. The molecule has 0 spiro atoms. The van der Waals surface area contributed by atoms with Gasteiger partial charge < -0.3 is 20.3 Å². The first-order valence-electron chi connectivity index (χ1n) is 10.1. The van der Waals surface area contributed by atoms with Gasteiger partial charge in [0, 0.05) is 30.8 Å². The first-order chi connectivity index (χ1) is 14.8. The predicted octanol–water partition coefficient (Wildman–Crippen LogP) is 4.35. The Morgan fingerprint density at radius 2 is 2.00 bits per heavy atom. The van der Waals surface area contributed by atoms with E-state index in [1.54, 1.807) is 31.1 Å². The number of aromatic nitrogens is 6. The number of H-pyrrole nitrogens is 2. The molecule has 3 aromatic heterocycles. The highest BCUT2D eigenvalue weighted by molar-refractivity contribution is 6.37. The third-order valence-corrected chi connectivity index (χ3v) is 5.76. The molecule has 160 valence electrons. The Morgan fingerprint density at radius 3 is 2.74 bits per heavy atom. The van der Waals surface area contributed by atoms with Gasteiger partial charge in [0.05, 0.1) is 28.2 Å².